The van der Waals surface area contributed by atoms with E-state index < -0.39 is 42.5 Å². The van der Waals surface area contributed by atoms with E-state index in [2.05, 4.69) is 23.6 Å². The number of ether oxygens (including phenoxy) is 1. The summed E-state index contributed by atoms with van der Waals surface area (Å²) in [5.41, 5.74) is 0.829. The molecule has 190 valence electrons. The zero-order valence-electron chi connectivity index (χ0n) is 20.6. The van der Waals surface area contributed by atoms with Crippen molar-refractivity contribution >= 4 is 29.6 Å². The SMILES string of the molecule is Cc1c(C#N)c(NC(=O)COC(=O)CN2C(=O)NC3(CCC(C)CC3)C2=O)n(Cc2ccco2)c1C. The summed E-state index contributed by atoms with van der Waals surface area (Å²) < 4.78 is 12.2. The maximum Gasteiger partial charge on any atom is 0.326 e. The Balaban J connectivity index is 1.37. The van der Waals surface area contributed by atoms with E-state index in [-0.39, 0.29) is 5.82 Å². The molecule has 1 spiro atoms. The second-order valence-electron chi connectivity index (χ2n) is 9.51. The average Bonchev–Trinajstić information content (AvgIpc) is 3.50. The number of hydrogen-bond donors (Lipinski definition) is 2. The number of carbonyl (C=O) groups is 4. The number of amides is 4. The fourth-order valence-electron chi connectivity index (χ4n) is 4.79. The van der Waals surface area contributed by atoms with E-state index in [1.165, 1.54) is 6.26 Å². The normalized spacial score (nSPS) is 21.4. The highest BCUT2D eigenvalue weighted by atomic mass is 16.5. The number of anilines is 1. The van der Waals surface area contributed by atoms with Gasteiger partial charge in [0.15, 0.2) is 6.61 Å². The molecule has 0 atom stereocenters. The number of nitrogens with zero attached hydrogens (tertiary/aromatic N) is 3. The van der Waals surface area contributed by atoms with Crippen LogP contribution in [0, 0.1) is 31.1 Å². The van der Waals surface area contributed by atoms with Crippen molar-refractivity contribution in [1.29, 1.82) is 5.26 Å². The number of furan rings is 1. The third-order valence-electron chi connectivity index (χ3n) is 7.12. The van der Waals surface area contributed by atoms with Gasteiger partial charge in [0.1, 0.15) is 29.7 Å². The molecule has 36 heavy (non-hydrogen) atoms. The summed E-state index contributed by atoms with van der Waals surface area (Å²) in [6.45, 7) is 4.78. The first-order valence-corrected chi connectivity index (χ1v) is 11.9. The zero-order valence-corrected chi connectivity index (χ0v) is 20.6. The van der Waals surface area contributed by atoms with Crippen molar-refractivity contribution in [3.8, 4) is 6.07 Å². The molecule has 3 heterocycles. The number of imide groups is 1. The molecule has 0 radical (unpaired) electrons. The number of nitrogens with one attached hydrogen (secondary N) is 2. The lowest BCUT2D eigenvalue weighted by Crippen LogP contribution is -2.49. The number of urea groups is 1. The summed E-state index contributed by atoms with van der Waals surface area (Å²) in [5, 5.41) is 15.0. The minimum atomic E-state index is -0.954. The van der Waals surface area contributed by atoms with Crippen LogP contribution in [0.1, 0.15) is 55.2 Å². The third-order valence-corrected chi connectivity index (χ3v) is 7.12. The molecule has 0 unspecified atom stereocenters. The van der Waals surface area contributed by atoms with Crippen molar-refractivity contribution < 1.29 is 28.3 Å². The Morgan fingerprint density at radius 3 is 2.67 bits per heavy atom. The van der Waals surface area contributed by atoms with Crippen molar-refractivity contribution in [2.75, 3.05) is 18.5 Å². The highest BCUT2D eigenvalue weighted by Crippen LogP contribution is 2.36. The van der Waals surface area contributed by atoms with Crippen molar-refractivity contribution in [3.63, 3.8) is 0 Å². The second kappa shape index (κ2) is 9.89. The van der Waals surface area contributed by atoms with E-state index in [0.29, 0.717) is 42.2 Å². The van der Waals surface area contributed by atoms with Crippen LogP contribution in [0.25, 0.3) is 0 Å². The van der Waals surface area contributed by atoms with Crippen molar-refractivity contribution in [2.24, 2.45) is 5.92 Å². The van der Waals surface area contributed by atoms with Gasteiger partial charge in [-0.2, -0.15) is 5.26 Å². The molecule has 0 aromatic carbocycles. The van der Waals surface area contributed by atoms with Gasteiger partial charge in [0.2, 0.25) is 0 Å². The van der Waals surface area contributed by atoms with Crippen LogP contribution < -0.4 is 10.6 Å². The predicted octanol–water partition coefficient (Wildman–Crippen LogP) is 2.60. The Kier molecular flexibility index (Phi) is 6.88. The fraction of sp³-hybridized carbons (Fsp3) is 0.480. The van der Waals surface area contributed by atoms with Gasteiger partial charge in [0.25, 0.3) is 11.8 Å². The molecule has 11 nitrogen and oxygen atoms in total. The highest BCUT2D eigenvalue weighted by Gasteiger charge is 2.52. The van der Waals surface area contributed by atoms with E-state index in [0.717, 1.165) is 23.4 Å². The molecular formula is C25H29N5O6. The molecule has 2 aliphatic rings. The van der Waals surface area contributed by atoms with Crippen LogP contribution in [0.5, 0.6) is 0 Å². The molecule has 1 aliphatic heterocycles. The first-order valence-electron chi connectivity index (χ1n) is 11.9. The van der Waals surface area contributed by atoms with Gasteiger partial charge in [0, 0.05) is 5.69 Å². The summed E-state index contributed by atoms with van der Waals surface area (Å²) in [5.74, 6) is -0.583. The Hall–Kier alpha value is -4.07. The van der Waals surface area contributed by atoms with Gasteiger partial charge in [-0.15, -0.1) is 0 Å². The quantitative estimate of drug-likeness (QED) is 0.443. The molecular weight excluding hydrogens is 466 g/mol. The van der Waals surface area contributed by atoms with Gasteiger partial charge in [-0.3, -0.25) is 19.3 Å². The molecule has 4 amide bonds. The Morgan fingerprint density at radius 1 is 1.31 bits per heavy atom. The lowest BCUT2D eigenvalue weighted by atomic mass is 9.77. The minimum Gasteiger partial charge on any atom is -0.467 e. The molecule has 2 aromatic rings. The van der Waals surface area contributed by atoms with E-state index in [9.17, 15) is 24.4 Å². The van der Waals surface area contributed by atoms with E-state index in [4.69, 9.17) is 9.15 Å². The summed E-state index contributed by atoms with van der Waals surface area (Å²) in [6, 6.07) is 4.99. The van der Waals surface area contributed by atoms with Crippen LogP contribution in [0.15, 0.2) is 22.8 Å². The minimum absolute atomic E-state index is 0.271. The van der Waals surface area contributed by atoms with Crippen LogP contribution in [-0.4, -0.2) is 52.0 Å². The number of carbonyl (C=O) groups excluding carboxylic acids is 4. The van der Waals surface area contributed by atoms with Gasteiger partial charge >= 0.3 is 12.0 Å². The fourth-order valence-corrected chi connectivity index (χ4v) is 4.79. The van der Waals surface area contributed by atoms with Crippen LogP contribution >= 0.6 is 0 Å². The van der Waals surface area contributed by atoms with Crippen molar-refractivity contribution in [1.82, 2.24) is 14.8 Å². The van der Waals surface area contributed by atoms with E-state index in [1.54, 1.807) is 23.6 Å². The molecule has 2 N–H and O–H groups in total. The monoisotopic (exact) mass is 495 g/mol. The van der Waals surface area contributed by atoms with Crippen molar-refractivity contribution in [3.05, 3.63) is 41.0 Å². The summed E-state index contributed by atoms with van der Waals surface area (Å²) >= 11 is 0. The Morgan fingerprint density at radius 2 is 2.03 bits per heavy atom. The Bertz CT molecular complexity index is 1230. The molecule has 2 fully saturated rings. The van der Waals surface area contributed by atoms with E-state index >= 15 is 0 Å². The molecule has 0 bridgehead atoms. The number of hydrogen-bond acceptors (Lipinski definition) is 7. The Labute approximate surface area is 208 Å². The molecule has 1 aliphatic carbocycles. The average molecular weight is 496 g/mol. The topological polar surface area (TPSA) is 147 Å². The predicted molar refractivity (Wildman–Crippen MR) is 127 cm³/mol. The zero-order chi connectivity index (χ0) is 26.0. The number of aromatic nitrogens is 1. The highest BCUT2D eigenvalue weighted by molar-refractivity contribution is 6.08. The van der Waals surface area contributed by atoms with Gasteiger partial charge in [0.05, 0.1) is 18.4 Å². The molecule has 2 aromatic heterocycles. The standard InChI is InChI=1S/C25H29N5O6/c1-15-6-8-25(9-7-15)23(33)30(24(34)28-25)13-21(32)36-14-20(31)27-22-19(11-26)16(2)17(3)29(22)12-18-5-4-10-35-18/h4-5,10,15H,6-9,12-14H2,1-3H3,(H,27,31)(H,28,34). The smallest absolute Gasteiger partial charge is 0.326 e. The van der Waals surface area contributed by atoms with Gasteiger partial charge in [-0.05, 0) is 63.1 Å². The molecule has 4 rings (SSSR count). The van der Waals surface area contributed by atoms with Crippen LogP contribution in [0.4, 0.5) is 10.6 Å². The van der Waals surface area contributed by atoms with Gasteiger partial charge < -0.3 is 24.4 Å². The number of rotatable bonds is 7. The summed E-state index contributed by atoms with van der Waals surface area (Å²) in [4.78, 5) is 51.1. The summed E-state index contributed by atoms with van der Waals surface area (Å²) in [6.07, 6.45) is 4.23. The van der Waals surface area contributed by atoms with E-state index in [1.807, 2.05) is 6.92 Å². The first-order chi connectivity index (χ1) is 17.1. The maximum absolute atomic E-state index is 12.9. The second-order valence-corrected chi connectivity index (χ2v) is 9.51. The number of esters is 1. The lowest BCUT2D eigenvalue weighted by Gasteiger charge is -2.33. The van der Waals surface area contributed by atoms with Crippen LogP contribution in [-0.2, 0) is 25.7 Å². The van der Waals surface area contributed by atoms with Gasteiger partial charge in [-0.1, -0.05) is 6.92 Å². The molecule has 1 saturated carbocycles. The summed E-state index contributed by atoms with van der Waals surface area (Å²) in [7, 11) is 0. The largest absolute Gasteiger partial charge is 0.467 e. The van der Waals surface area contributed by atoms with Crippen LogP contribution in [0.3, 0.4) is 0 Å². The van der Waals surface area contributed by atoms with Gasteiger partial charge in [-0.25, -0.2) is 4.79 Å². The molecule has 1 saturated heterocycles. The first kappa shape index (κ1) is 25.0. The van der Waals surface area contributed by atoms with Crippen LogP contribution in [0.2, 0.25) is 0 Å². The van der Waals surface area contributed by atoms with Crippen molar-refractivity contribution in [2.45, 2.75) is 58.5 Å². The maximum atomic E-state index is 12.9. The lowest BCUT2D eigenvalue weighted by molar-refractivity contribution is -0.150. The number of nitriles is 1. The molecule has 11 heteroatoms. The third kappa shape index (κ3) is 4.71.